The average molecular weight is 465 g/mol. The number of urea groups is 1. The highest BCUT2D eigenvalue weighted by molar-refractivity contribution is 6.39. The first-order chi connectivity index (χ1) is 15.6. The van der Waals surface area contributed by atoms with Crippen molar-refractivity contribution in [3.63, 3.8) is 0 Å². The first kappa shape index (κ1) is 22.0. The van der Waals surface area contributed by atoms with Crippen LogP contribution in [0.3, 0.4) is 0 Å². The van der Waals surface area contributed by atoms with E-state index in [-0.39, 0.29) is 21.9 Å². The number of halogens is 1. The van der Waals surface area contributed by atoms with Crippen molar-refractivity contribution in [1.82, 2.24) is 5.32 Å². The summed E-state index contributed by atoms with van der Waals surface area (Å²) in [5, 5.41) is 11.5. The molecule has 0 aliphatic carbocycles. The van der Waals surface area contributed by atoms with E-state index >= 15 is 0 Å². The van der Waals surface area contributed by atoms with Gasteiger partial charge in [0.15, 0.2) is 0 Å². The standard InChI is InChI=1S/C24H17ClN2O6/c1-12-7-13(2)9-15(8-12)27-22(29)18(21(28)26-24(27)32)11-16-4-6-20(33-16)14-3-5-19(25)17(10-14)23(30)31/h3-11H,1-2H3,(H,30,31)(H,26,28,32). The summed E-state index contributed by atoms with van der Waals surface area (Å²) in [5.41, 5.74) is 2.13. The van der Waals surface area contributed by atoms with Crippen molar-refractivity contribution in [3.05, 3.63) is 81.6 Å². The second-order valence-electron chi connectivity index (χ2n) is 7.51. The summed E-state index contributed by atoms with van der Waals surface area (Å²) in [4.78, 5) is 50.1. The molecule has 1 saturated heterocycles. The molecule has 1 aliphatic rings. The molecule has 1 aromatic heterocycles. The van der Waals surface area contributed by atoms with Crippen molar-refractivity contribution in [2.75, 3.05) is 4.90 Å². The van der Waals surface area contributed by atoms with Gasteiger partial charge in [0, 0.05) is 5.56 Å². The molecule has 1 aliphatic heterocycles. The Kier molecular flexibility index (Phi) is 5.61. The normalized spacial score (nSPS) is 15.2. The molecule has 0 spiro atoms. The third-order valence-corrected chi connectivity index (χ3v) is 5.29. The zero-order chi connectivity index (χ0) is 23.9. The van der Waals surface area contributed by atoms with Crippen LogP contribution in [0.1, 0.15) is 27.2 Å². The third-order valence-electron chi connectivity index (χ3n) is 4.96. The lowest BCUT2D eigenvalue weighted by molar-refractivity contribution is -0.122. The van der Waals surface area contributed by atoms with E-state index in [2.05, 4.69) is 5.32 Å². The maximum atomic E-state index is 13.1. The number of aromatic carboxylic acids is 1. The predicted octanol–water partition coefficient (Wildman–Crippen LogP) is 4.58. The molecule has 2 aromatic carbocycles. The van der Waals surface area contributed by atoms with E-state index in [0.717, 1.165) is 16.0 Å². The molecule has 166 valence electrons. The van der Waals surface area contributed by atoms with Gasteiger partial charge in [0.25, 0.3) is 11.8 Å². The number of anilines is 1. The molecule has 0 saturated carbocycles. The Morgan fingerprint density at radius 2 is 1.73 bits per heavy atom. The molecule has 0 bridgehead atoms. The molecular formula is C24H17ClN2O6. The van der Waals surface area contributed by atoms with Gasteiger partial charge in [-0.2, -0.15) is 0 Å². The van der Waals surface area contributed by atoms with Crippen LogP contribution in [0.15, 0.2) is 58.5 Å². The Bertz CT molecular complexity index is 1350. The molecule has 0 unspecified atom stereocenters. The number of carbonyl (C=O) groups is 4. The van der Waals surface area contributed by atoms with E-state index in [9.17, 15) is 24.3 Å². The van der Waals surface area contributed by atoms with Crippen LogP contribution in [0.25, 0.3) is 17.4 Å². The summed E-state index contributed by atoms with van der Waals surface area (Å²) in [5.74, 6) is -2.33. The number of rotatable bonds is 4. The van der Waals surface area contributed by atoms with Gasteiger partial charge < -0.3 is 9.52 Å². The summed E-state index contributed by atoms with van der Waals surface area (Å²) < 4.78 is 5.70. The molecule has 4 rings (SSSR count). The van der Waals surface area contributed by atoms with Gasteiger partial charge in [0.1, 0.15) is 17.1 Å². The minimum Gasteiger partial charge on any atom is -0.478 e. The van der Waals surface area contributed by atoms with Crippen molar-refractivity contribution in [1.29, 1.82) is 0 Å². The third kappa shape index (κ3) is 4.28. The van der Waals surface area contributed by atoms with E-state index in [4.69, 9.17) is 16.0 Å². The molecule has 1 fully saturated rings. The minimum atomic E-state index is -1.18. The van der Waals surface area contributed by atoms with E-state index in [0.29, 0.717) is 17.0 Å². The quantitative estimate of drug-likeness (QED) is 0.431. The van der Waals surface area contributed by atoms with Gasteiger partial charge in [-0.25, -0.2) is 14.5 Å². The van der Waals surface area contributed by atoms with Gasteiger partial charge in [-0.15, -0.1) is 0 Å². The van der Waals surface area contributed by atoms with Gasteiger partial charge in [-0.3, -0.25) is 14.9 Å². The summed E-state index contributed by atoms with van der Waals surface area (Å²) >= 11 is 5.91. The van der Waals surface area contributed by atoms with Gasteiger partial charge >= 0.3 is 12.0 Å². The van der Waals surface area contributed by atoms with E-state index in [1.54, 1.807) is 24.3 Å². The lowest BCUT2D eigenvalue weighted by Crippen LogP contribution is -2.54. The fourth-order valence-electron chi connectivity index (χ4n) is 3.54. The number of barbiturate groups is 1. The average Bonchev–Trinajstić information content (AvgIpc) is 3.19. The van der Waals surface area contributed by atoms with Gasteiger partial charge in [-0.1, -0.05) is 17.7 Å². The number of hydrogen-bond acceptors (Lipinski definition) is 5. The number of carbonyl (C=O) groups excluding carboxylic acids is 3. The predicted molar refractivity (Wildman–Crippen MR) is 121 cm³/mol. The number of carboxylic acid groups (broad SMARTS) is 1. The van der Waals surface area contributed by atoms with Crippen LogP contribution in [0.5, 0.6) is 0 Å². The number of amides is 4. The Morgan fingerprint density at radius 3 is 2.39 bits per heavy atom. The molecule has 9 heteroatoms. The number of nitrogens with one attached hydrogen (secondary N) is 1. The molecule has 33 heavy (non-hydrogen) atoms. The fraction of sp³-hybridized carbons (Fsp3) is 0.0833. The van der Waals surface area contributed by atoms with Crippen LogP contribution in [0.2, 0.25) is 5.02 Å². The fourth-order valence-corrected chi connectivity index (χ4v) is 3.74. The largest absolute Gasteiger partial charge is 0.478 e. The molecule has 0 radical (unpaired) electrons. The van der Waals surface area contributed by atoms with E-state index in [1.807, 2.05) is 19.9 Å². The van der Waals surface area contributed by atoms with Crippen molar-refractivity contribution in [2.24, 2.45) is 0 Å². The first-order valence-corrected chi connectivity index (χ1v) is 10.1. The van der Waals surface area contributed by atoms with Crippen molar-refractivity contribution < 1.29 is 28.7 Å². The lowest BCUT2D eigenvalue weighted by atomic mass is 10.1. The van der Waals surface area contributed by atoms with Crippen LogP contribution in [-0.2, 0) is 9.59 Å². The maximum Gasteiger partial charge on any atom is 0.337 e. The molecule has 4 amide bonds. The van der Waals surface area contributed by atoms with Crippen LogP contribution in [-0.4, -0.2) is 28.9 Å². The first-order valence-electron chi connectivity index (χ1n) is 9.77. The van der Waals surface area contributed by atoms with Crippen molar-refractivity contribution in [3.8, 4) is 11.3 Å². The summed E-state index contributed by atoms with van der Waals surface area (Å²) in [7, 11) is 0. The summed E-state index contributed by atoms with van der Waals surface area (Å²) in [6.07, 6.45) is 1.23. The number of carboxylic acids is 1. The molecule has 2 N–H and O–H groups in total. The van der Waals surface area contributed by atoms with Crippen LogP contribution < -0.4 is 10.2 Å². The Morgan fingerprint density at radius 1 is 1.03 bits per heavy atom. The number of aryl methyl sites for hydroxylation is 2. The van der Waals surface area contributed by atoms with Crippen molar-refractivity contribution >= 4 is 47.2 Å². The van der Waals surface area contributed by atoms with Crippen LogP contribution >= 0.6 is 11.6 Å². The highest BCUT2D eigenvalue weighted by atomic mass is 35.5. The highest BCUT2D eigenvalue weighted by Gasteiger charge is 2.37. The number of nitrogens with zero attached hydrogens (tertiary/aromatic N) is 1. The summed E-state index contributed by atoms with van der Waals surface area (Å²) in [6.45, 7) is 3.67. The van der Waals surface area contributed by atoms with E-state index in [1.165, 1.54) is 24.3 Å². The van der Waals surface area contributed by atoms with Crippen LogP contribution in [0.4, 0.5) is 10.5 Å². The number of imide groups is 2. The molecule has 8 nitrogen and oxygen atoms in total. The molecular weight excluding hydrogens is 448 g/mol. The van der Waals surface area contributed by atoms with Crippen molar-refractivity contribution in [2.45, 2.75) is 13.8 Å². The second kappa shape index (κ2) is 8.40. The highest BCUT2D eigenvalue weighted by Crippen LogP contribution is 2.29. The topological polar surface area (TPSA) is 117 Å². The number of hydrogen-bond donors (Lipinski definition) is 2. The number of benzene rings is 2. The molecule has 3 aromatic rings. The zero-order valence-electron chi connectivity index (χ0n) is 17.5. The maximum absolute atomic E-state index is 13.1. The Hall–Kier alpha value is -4.17. The van der Waals surface area contributed by atoms with E-state index < -0.39 is 23.8 Å². The van der Waals surface area contributed by atoms with Gasteiger partial charge in [-0.05, 0) is 73.5 Å². The number of furan rings is 1. The SMILES string of the molecule is Cc1cc(C)cc(N2C(=O)NC(=O)C(=Cc3ccc(-c4ccc(Cl)c(C(=O)O)c4)o3)C2=O)c1. The molecule has 2 heterocycles. The molecule has 0 atom stereocenters. The monoisotopic (exact) mass is 464 g/mol. The second-order valence-corrected chi connectivity index (χ2v) is 7.91. The smallest absolute Gasteiger partial charge is 0.337 e. The van der Waals surface area contributed by atoms with Gasteiger partial charge in [0.05, 0.1) is 16.3 Å². The lowest BCUT2D eigenvalue weighted by Gasteiger charge is -2.26. The Balaban J connectivity index is 1.69. The van der Waals surface area contributed by atoms with Gasteiger partial charge in [0.2, 0.25) is 0 Å². The zero-order valence-corrected chi connectivity index (χ0v) is 18.3. The van der Waals surface area contributed by atoms with Crippen LogP contribution in [0, 0.1) is 13.8 Å². The Labute approximate surface area is 193 Å². The minimum absolute atomic E-state index is 0.0840. The summed E-state index contributed by atoms with van der Waals surface area (Å²) in [6, 6.07) is 11.9.